The van der Waals surface area contributed by atoms with Crippen LogP contribution in [0.1, 0.15) is 58.8 Å². The Morgan fingerprint density at radius 2 is 1.81 bits per heavy atom. The predicted molar refractivity (Wildman–Crippen MR) is 67.5 cm³/mol. The Labute approximate surface area is 100 Å². The first-order valence-electron chi connectivity index (χ1n) is 7.13. The van der Waals surface area contributed by atoms with E-state index in [1.54, 1.807) is 0 Å². The van der Waals surface area contributed by atoms with Gasteiger partial charge in [0.05, 0.1) is 6.10 Å². The minimum absolute atomic E-state index is 0.0654. The maximum atomic E-state index is 10.2. The van der Waals surface area contributed by atoms with Crippen LogP contribution in [0.5, 0.6) is 0 Å². The van der Waals surface area contributed by atoms with Crippen LogP contribution in [0.25, 0.3) is 0 Å². The molecule has 2 nitrogen and oxygen atoms in total. The molecule has 0 aromatic rings. The molecule has 0 spiro atoms. The van der Waals surface area contributed by atoms with Crippen molar-refractivity contribution in [2.24, 2.45) is 5.41 Å². The van der Waals surface area contributed by atoms with Crippen LogP contribution < -0.4 is 0 Å². The minimum Gasteiger partial charge on any atom is -0.391 e. The Kier molecular flexibility index (Phi) is 3.91. The smallest absolute Gasteiger partial charge is 0.0695 e. The molecule has 0 aromatic heterocycles. The molecule has 1 saturated carbocycles. The number of aliphatic hydroxyl groups excluding tert-OH is 1. The standard InChI is InChI=1S/C14H27NO/c1-3-14(4-2)8-7-13(16)12(11-14)15-9-5-6-10-15/h12-13,16H,3-11H2,1-2H3/t12-,13-/m1/s1. The fraction of sp³-hybridized carbons (Fsp3) is 1.00. The van der Waals surface area contributed by atoms with Crippen LogP contribution in [-0.2, 0) is 0 Å². The first kappa shape index (κ1) is 12.4. The third-order valence-corrected chi connectivity index (χ3v) is 5.17. The first-order chi connectivity index (χ1) is 7.71. The predicted octanol–water partition coefficient (Wildman–Crippen LogP) is 2.80. The lowest BCUT2D eigenvalue weighted by Gasteiger charge is -2.45. The van der Waals surface area contributed by atoms with Crippen LogP contribution in [-0.4, -0.2) is 35.2 Å². The fourth-order valence-corrected chi connectivity index (χ4v) is 3.67. The highest BCUT2D eigenvalue weighted by atomic mass is 16.3. The van der Waals surface area contributed by atoms with Gasteiger partial charge in [0.25, 0.3) is 0 Å². The van der Waals surface area contributed by atoms with Crippen molar-refractivity contribution in [3.8, 4) is 0 Å². The molecule has 0 bridgehead atoms. The zero-order chi connectivity index (χ0) is 11.6. The van der Waals surface area contributed by atoms with Gasteiger partial charge in [0.15, 0.2) is 0 Å². The van der Waals surface area contributed by atoms with Crippen molar-refractivity contribution in [1.29, 1.82) is 0 Å². The van der Waals surface area contributed by atoms with E-state index >= 15 is 0 Å². The van der Waals surface area contributed by atoms with Crippen LogP contribution in [0.15, 0.2) is 0 Å². The molecule has 2 fully saturated rings. The summed E-state index contributed by atoms with van der Waals surface area (Å²) in [5.41, 5.74) is 0.520. The van der Waals surface area contributed by atoms with Crippen molar-refractivity contribution < 1.29 is 5.11 Å². The summed E-state index contributed by atoms with van der Waals surface area (Å²) < 4.78 is 0. The van der Waals surface area contributed by atoms with Gasteiger partial charge in [0.2, 0.25) is 0 Å². The van der Waals surface area contributed by atoms with Crippen molar-refractivity contribution in [2.45, 2.75) is 70.9 Å². The lowest BCUT2D eigenvalue weighted by molar-refractivity contribution is -0.0225. The molecule has 2 heteroatoms. The number of hydrogen-bond donors (Lipinski definition) is 1. The summed E-state index contributed by atoms with van der Waals surface area (Å²) in [6.07, 6.45) is 8.61. The molecule has 0 amide bonds. The largest absolute Gasteiger partial charge is 0.391 e. The minimum atomic E-state index is -0.0654. The summed E-state index contributed by atoms with van der Waals surface area (Å²) in [6.45, 7) is 7.07. The molecule has 94 valence electrons. The van der Waals surface area contributed by atoms with Crippen molar-refractivity contribution in [3.63, 3.8) is 0 Å². The zero-order valence-electron chi connectivity index (χ0n) is 10.9. The molecule has 16 heavy (non-hydrogen) atoms. The average Bonchev–Trinajstić information content (AvgIpc) is 2.84. The summed E-state index contributed by atoms with van der Waals surface area (Å²) >= 11 is 0. The first-order valence-corrected chi connectivity index (χ1v) is 7.13. The van der Waals surface area contributed by atoms with Crippen LogP contribution >= 0.6 is 0 Å². The summed E-state index contributed by atoms with van der Waals surface area (Å²) in [5, 5.41) is 10.2. The van der Waals surface area contributed by atoms with Gasteiger partial charge in [0.1, 0.15) is 0 Å². The van der Waals surface area contributed by atoms with Crippen LogP contribution in [0, 0.1) is 5.41 Å². The Morgan fingerprint density at radius 1 is 1.19 bits per heavy atom. The molecule has 1 aliphatic heterocycles. The van der Waals surface area contributed by atoms with Gasteiger partial charge in [-0.25, -0.2) is 0 Å². The monoisotopic (exact) mass is 225 g/mol. The van der Waals surface area contributed by atoms with E-state index in [1.165, 1.54) is 51.6 Å². The van der Waals surface area contributed by atoms with Crippen LogP contribution in [0.3, 0.4) is 0 Å². The Morgan fingerprint density at radius 3 is 2.38 bits per heavy atom. The van der Waals surface area contributed by atoms with Gasteiger partial charge in [-0.05, 0) is 50.6 Å². The van der Waals surface area contributed by atoms with E-state index < -0.39 is 0 Å². The normalized spacial score (nSPS) is 35.4. The number of aliphatic hydroxyl groups is 1. The average molecular weight is 225 g/mol. The molecule has 2 aliphatic rings. The summed E-state index contributed by atoms with van der Waals surface area (Å²) in [7, 11) is 0. The summed E-state index contributed by atoms with van der Waals surface area (Å²) in [4.78, 5) is 2.55. The van der Waals surface area contributed by atoms with Gasteiger partial charge in [-0.3, -0.25) is 4.90 Å². The second-order valence-corrected chi connectivity index (χ2v) is 5.83. The van der Waals surface area contributed by atoms with E-state index in [4.69, 9.17) is 0 Å². The molecule has 0 radical (unpaired) electrons. The van der Waals surface area contributed by atoms with Crippen molar-refractivity contribution in [3.05, 3.63) is 0 Å². The topological polar surface area (TPSA) is 23.5 Å². The van der Waals surface area contributed by atoms with E-state index in [0.29, 0.717) is 11.5 Å². The highest BCUT2D eigenvalue weighted by molar-refractivity contribution is 4.94. The lowest BCUT2D eigenvalue weighted by Crippen LogP contribution is -2.49. The maximum Gasteiger partial charge on any atom is 0.0695 e. The highest BCUT2D eigenvalue weighted by Gasteiger charge is 2.40. The second-order valence-electron chi connectivity index (χ2n) is 5.83. The molecule has 1 N–H and O–H groups in total. The van der Waals surface area contributed by atoms with Gasteiger partial charge < -0.3 is 5.11 Å². The van der Waals surface area contributed by atoms with Crippen molar-refractivity contribution in [1.82, 2.24) is 4.90 Å². The zero-order valence-corrected chi connectivity index (χ0v) is 10.9. The summed E-state index contributed by atoms with van der Waals surface area (Å²) in [5.74, 6) is 0. The highest BCUT2D eigenvalue weighted by Crippen LogP contribution is 2.43. The van der Waals surface area contributed by atoms with Crippen LogP contribution in [0.4, 0.5) is 0 Å². The Hall–Kier alpha value is -0.0800. The maximum absolute atomic E-state index is 10.2. The van der Waals surface area contributed by atoms with Gasteiger partial charge in [-0.1, -0.05) is 26.7 Å². The van der Waals surface area contributed by atoms with Crippen molar-refractivity contribution >= 4 is 0 Å². The number of nitrogens with zero attached hydrogens (tertiary/aromatic N) is 1. The summed E-state index contributed by atoms with van der Waals surface area (Å²) in [6, 6.07) is 0.455. The molecule has 2 rings (SSSR count). The Bertz CT molecular complexity index is 219. The van der Waals surface area contributed by atoms with Gasteiger partial charge in [-0.15, -0.1) is 0 Å². The molecule has 0 unspecified atom stereocenters. The van der Waals surface area contributed by atoms with Gasteiger partial charge in [0, 0.05) is 6.04 Å². The lowest BCUT2D eigenvalue weighted by atomic mass is 9.67. The molecule has 1 saturated heterocycles. The van der Waals surface area contributed by atoms with E-state index in [0.717, 1.165) is 6.42 Å². The van der Waals surface area contributed by atoms with Crippen LogP contribution in [0.2, 0.25) is 0 Å². The second kappa shape index (κ2) is 5.05. The molecular weight excluding hydrogens is 198 g/mol. The van der Waals surface area contributed by atoms with Crippen molar-refractivity contribution in [2.75, 3.05) is 13.1 Å². The SMILES string of the molecule is CCC1(CC)CC[C@@H](O)[C@H](N2CCCC2)C1. The third kappa shape index (κ3) is 2.28. The number of rotatable bonds is 3. The Balaban J connectivity index is 2.04. The quantitative estimate of drug-likeness (QED) is 0.798. The van der Waals surface area contributed by atoms with E-state index in [9.17, 15) is 5.11 Å². The fourth-order valence-electron chi connectivity index (χ4n) is 3.67. The molecule has 1 aliphatic carbocycles. The number of likely N-dealkylation sites (tertiary alicyclic amines) is 1. The molecular formula is C14H27NO. The molecule has 0 aromatic carbocycles. The molecule has 2 atom stereocenters. The van der Waals surface area contributed by atoms with Gasteiger partial charge >= 0.3 is 0 Å². The van der Waals surface area contributed by atoms with Gasteiger partial charge in [-0.2, -0.15) is 0 Å². The number of hydrogen-bond acceptors (Lipinski definition) is 2. The van der Waals surface area contributed by atoms with E-state index in [1.807, 2.05) is 0 Å². The molecule has 1 heterocycles. The van der Waals surface area contributed by atoms with E-state index in [-0.39, 0.29) is 6.10 Å². The van der Waals surface area contributed by atoms with E-state index in [2.05, 4.69) is 18.7 Å². The third-order valence-electron chi connectivity index (χ3n) is 5.17.